The van der Waals surface area contributed by atoms with Crippen molar-refractivity contribution in [2.75, 3.05) is 0 Å². The molecule has 0 saturated carbocycles. The minimum atomic E-state index is 0.167. The van der Waals surface area contributed by atoms with Crippen molar-refractivity contribution in [2.45, 2.75) is 27.2 Å². The monoisotopic (exact) mass is 316 g/mol. The zero-order chi connectivity index (χ0) is 14.0. The molecule has 0 radical (unpaired) electrons. The summed E-state index contributed by atoms with van der Waals surface area (Å²) < 4.78 is 1.04. The lowest BCUT2D eigenvalue weighted by atomic mass is 9.99. The van der Waals surface area contributed by atoms with Gasteiger partial charge < -0.3 is 0 Å². The van der Waals surface area contributed by atoms with Gasteiger partial charge in [-0.15, -0.1) is 0 Å². The van der Waals surface area contributed by atoms with E-state index >= 15 is 0 Å². The Bertz CT molecular complexity index is 609. The number of Topliss-reactive ketones (excluding diaryl/α,β-unsaturated/α-hetero) is 1. The number of carbonyl (C=O) groups excluding carboxylic acids is 1. The van der Waals surface area contributed by atoms with Crippen molar-refractivity contribution in [1.82, 2.24) is 0 Å². The molecule has 0 spiro atoms. The van der Waals surface area contributed by atoms with Crippen molar-refractivity contribution in [3.8, 4) is 0 Å². The van der Waals surface area contributed by atoms with Crippen molar-refractivity contribution < 1.29 is 4.79 Å². The Morgan fingerprint density at radius 3 is 2.21 bits per heavy atom. The van der Waals surface area contributed by atoms with Crippen molar-refractivity contribution in [3.63, 3.8) is 0 Å². The molecule has 0 aliphatic heterocycles. The number of ketones is 1. The number of aryl methyl sites for hydroxylation is 3. The molecule has 0 bridgehead atoms. The molecule has 0 atom stereocenters. The molecule has 0 saturated heterocycles. The molecule has 1 nitrogen and oxygen atoms in total. The fraction of sp³-hybridized carbons (Fsp3) is 0.235. The van der Waals surface area contributed by atoms with Crippen molar-refractivity contribution >= 4 is 21.7 Å². The van der Waals surface area contributed by atoms with Crippen LogP contribution in [0, 0.1) is 20.8 Å². The van der Waals surface area contributed by atoms with Crippen molar-refractivity contribution in [3.05, 3.63) is 68.7 Å². The molecule has 0 amide bonds. The van der Waals surface area contributed by atoms with Gasteiger partial charge in [0.15, 0.2) is 5.78 Å². The fourth-order valence-electron chi connectivity index (χ4n) is 2.28. The van der Waals surface area contributed by atoms with Gasteiger partial charge in [0.2, 0.25) is 0 Å². The van der Waals surface area contributed by atoms with Crippen LogP contribution in [0.1, 0.15) is 32.6 Å². The molecule has 0 aliphatic carbocycles. The van der Waals surface area contributed by atoms with E-state index < -0.39 is 0 Å². The highest BCUT2D eigenvalue weighted by molar-refractivity contribution is 9.10. The van der Waals surface area contributed by atoms with E-state index in [4.69, 9.17) is 0 Å². The lowest BCUT2D eigenvalue weighted by Crippen LogP contribution is -2.04. The topological polar surface area (TPSA) is 17.1 Å². The van der Waals surface area contributed by atoms with E-state index in [9.17, 15) is 4.79 Å². The van der Waals surface area contributed by atoms with Gasteiger partial charge in [0.05, 0.1) is 0 Å². The summed E-state index contributed by atoms with van der Waals surface area (Å²) in [4.78, 5) is 12.3. The number of halogens is 1. The normalized spacial score (nSPS) is 10.5. The van der Waals surface area contributed by atoms with Crippen LogP contribution in [0.15, 0.2) is 40.9 Å². The average molecular weight is 317 g/mol. The molecule has 0 unspecified atom stereocenters. The van der Waals surface area contributed by atoms with Gasteiger partial charge in [-0.1, -0.05) is 51.3 Å². The Morgan fingerprint density at radius 1 is 1.00 bits per heavy atom. The summed E-state index contributed by atoms with van der Waals surface area (Å²) in [6.45, 7) is 6.12. The average Bonchev–Trinajstić information content (AvgIpc) is 2.31. The van der Waals surface area contributed by atoms with Gasteiger partial charge in [-0.3, -0.25) is 4.79 Å². The van der Waals surface area contributed by atoms with E-state index in [-0.39, 0.29) is 5.78 Å². The summed E-state index contributed by atoms with van der Waals surface area (Å²) in [5, 5.41) is 0. The second-order valence-electron chi connectivity index (χ2n) is 5.06. The Kier molecular flexibility index (Phi) is 4.20. The van der Waals surface area contributed by atoms with Crippen LogP contribution in [0.5, 0.6) is 0 Å². The highest BCUT2D eigenvalue weighted by Gasteiger charge is 2.09. The Hall–Kier alpha value is -1.41. The van der Waals surface area contributed by atoms with E-state index in [1.807, 2.05) is 25.1 Å². The maximum atomic E-state index is 12.3. The number of hydrogen-bond donors (Lipinski definition) is 0. The molecule has 0 aromatic heterocycles. The van der Waals surface area contributed by atoms with E-state index in [0.717, 1.165) is 21.2 Å². The predicted octanol–water partition coefficient (Wildman–Crippen LogP) is 4.80. The van der Waals surface area contributed by atoms with Crippen LogP contribution in [-0.4, -0.2) is 5.78 Å². The van der Waals surface area contributed by atoms with Crippen LogP contribution in [-0.2, 0) is 6.42 Å². The molecule has 0 N–H and O–H groups in total. The minimum absolute atomic E-state index is 0.167. The fourth-order valence-corrected chi connectivity index (χ4v) is 2.52. The lowest BCUT2D eigenvalue weighted by molar-refractivity contribution is 0.0993. The van der Waals surface area contributed by atoms with Gasteiger partial charge >= 0.3 is 0 Å². The van der Waals surface area contributed by atoms with E-state index in [2.05, 4.69) is 48.0 Å². The quantitative estimate of drug-likeness (QED) is 0.743. The first-order valence-electron chi connectivity index (χ1n) is 6.32. The standard InChI is InChI=1S/C17H17BrO/c1-11-6-12(2)8-14(7-11)10-17(19)15-4-5-16(18)13(3)9-15/h4-9H,10H2,1-3H3. The van der Waals surface area contributed by atoms with Gasteiger partial charge in [-0.25, -0.2) is 0 Å². The van der Waals surface area contributed by atoms with E-state index in [0.29, 0.717) is 6.42 Å². The second-order valence-corrected chi connectivity index (χ2v) is 5.91. The molecule has 2 heteroatoms. The maximum absolute atomic E-state index is 12.3. The molecular weight excluding hydrogens is 300 g/mol. The number of carbonyl (C=O) groups is 1. The first kappa shape index (κ1) is 14.0. The molecule has 0 aliphatic rings. The van der Waals surface area contributed by atoms with Gasteiger partial charge in [0.25, 0.3) is 0 Å². The minimum Gasteiger partial charge on any atom is -0.294 e. The molecule has 19 heavy (non-hydrogen) atoms. The molecule has 2 rings (SSSR count). The molecular formula is C17H17BrO. The SMILES string of the molecule is Cc1cc(C)cc(CC(=O)c2ccc(Br)c(C)c2)c1. The van der Waals surface area contributed by atoms with Crippen LogP contribution in [0.25, 0.3) is 0 Å². The summed E-state index contributed by atoms with van der Waals surface area (Å²) in [7, 11) is 0. The Morgan fingerprint density at radius 2 is 1.63 bits per heavy atom. The molecule has 98 valence electrons. The lowest BCUT2D eigenvalue weighted by Gasteiger charge is -2.06. The van der Waals surface area contributed by atoms with Gasteiger partial charge in [-0.2, -0.15) is 0 Å². The van der Waals surface area contributed by atoms with E-state index in [1.54, 1.807) is 0 Å². The van der Waals surface area contributed by atoms with Crippen LogP contribution >= 0.6 is 15.9 Å². The van der Waals surface area contributed by atoms with Gasteiger partial charge in [0, 0.05) is 16.5 Å². The third-order valence-corrected chi connectivity index (χ3v) is 4.02. The third kappa shape index (κ3) is 3.54. The summed E-state index contributed by atoms with van der Waals surface area (Å²) in [6.07, 6.45) is 0.462. The zero-order valence-corrected chi connectivity index (χ0v) is 13.0. The number of rotatable bonds is 3. The first-order chi connectivity index (χ1) is 8.95. The van der Waals surface area contributed by atoms with E-state index in [1.165, 1.54) is 11.1 Å². The highest BCUT2D eigenvalue weighted by Crippen LogP contribution is 2.19. The van der Waals surface area contributed by atoms with Gasteiger partial charge in [-0.05, 0) is 44.0 Å². The largest absolute Gasteiger partial charge is 0.294 e. The van der Waals surface area contributed by atoms with Gasteiger partial charge in [0.1, 0.15) is 0 Å². The summed E-state index contributed by atoms with van der Waals surface area (Å²) in [5.74, 6) is 0.167. The molecule has 2 aromatic carbocycles. The second kappa shape index (κ2) is 5.70. The smallest absolute Gasteiger partial charge is 0.167 e. The molecule has 0 heterocycles. The van der Waals surface area contributed by atoms with Crippen LogP contribution in [0.2, 0.25) is 0 Å². The third-order valence-electron chi connectivity index (χ3n) is 3.13. The Balaban J connectivity index is 2.22. The maximum Gasteiger partial charge on any atom is 0.167 e. The van der Waals surface area contributed by atoms with Crippen LogP contribution in [0.3, 0.4) is 0 Å². The van der Waals surface area contributed by atoms with Crippen LogP contribution < -0.4 is 0 Å². The summed E-state index contributed by atoms with van der Waals surface area (Å²) >= 11 is 3.45. The molecule has 2 aromatic rings. The van der Waals surface area contributed by atoms with Crippen molar-refractivity contribution in [2.24, 2.45) is 0 Å². The number of hydrogen-bond acceptors (Lipinski definition) is 1. The van der Waals surface area contributed by atoms with Crippen LogP contribution in [0.4, 0.5) is 0 Å². The Labute approximate surface area is 122 Å². The number of benzene rings is 2. The predicted molar refractivity (Wildman–Crippen MR) is 82.8 cm³/mol. The van der Waals surface area contributed by atoms with Crippen molar-refractivity contribution in [1.29, 1.82) is 0 Å². The summed E-state index contributed by atoms with van der Waals surface area (Å²) in [6, 6.07) is 12.0. The molecule has 0 fully saturated rings. The summed E-state index contributed by atoms with van der Waals surface area (Å²) in [5.41, 5.74) is 5.36. The zero-order valence-electron chi connectivity index (χ0n) is 11.5. The highest BCUT2D eigenvalue weighted by atomic mass is 79.9. The first-order valence-corrected chi connectivity index (χ1v) is 7.11.